The lowest BCUT2D eigenvalue weighted by atomic mass is 10.1. The Morgan fingerprint density at radius 2 is 2.12 bits per heavy atom. The van der Waals surface area contributed by atoms with E-state index in [1.54, 1.807) is 13.0 Å². The molecule has 4 heteroatoms. The van der Waals surface area contributed by atoms with E-state index in [1.807, 2.05) is 6.92 Å². The Balaban J connectivity index is 2.92. The van der Waals surface area contributed by atoms with Crippen LogP contribution < -0.4 is 4.74 Å². The minimum Gasteiger partial charge on any atom is -0.477 e. The molecule has 0 spiro atoms. The monoisotopic (exact) mass is 237 g/mol. The highest BCUT2D eigenvalue weighted by Crippen LogP contribution is 2.21. The van der Waals surface area contributed by atoms with Gasteiger partial charge in [-0.15, -0.1) is 0 Å². The first-order chi connectivity index (χ1) is 7.91. The van der Waals surface area contributed by atoms with Gasteiger partial charge in [0.1, 0.15) is 5.56 Å². The van der Waals surface area contributed by atoms with Crippen molar-refractivity contribution in [3.8, 4) is 5.88 Å². The van der Waals surface area contributed by atoms with Crippen molar-refractivity contribution < 1.29 is 14.6 Å². The number of carboxylic acids is 1. The number of pyridine rings is 1. The number of ether oxygens (including phenoxy) is 1. The van der Waals surface area contributed by atoms with Crippen LogP contribution in [0.4, 0.5) is 0 Å². The van der Waals surface area contributed by atoms with Crippen LogP contribution in [-0.2, 0) is 0 Å². The van der Waals surface area contributed by atoms with Crippen LogP contribution in [0.2, 0.25) is 0 Å². The predicted octanol–water partition coefficient (Wildman–Crippen LogP) is 2.82. The number of hydrogen-bond donors (Lipinski definition) is 1. The van der Waals surface area contributed by atoms with Crippen molar-refractivity contribution in [3.05, 3.63) is 22.9 Å². The molecule has 0 bridgehead atoms. The van der Waals surface area contributed by atoms with E-state index < -0.39 is 5.97 Å². The molecule has 1 rings (SSSR count). The number of aromatic nitrogens is 1. The molecule has 1 aromatic rings. The van der Waals surface area contributed by atoms with Gasteiger partial charge >= 0.3 is 5.97 Å². The normalized spacial score (nSPS) is 10.6. The van der Waals surface area contributed by atoms with Gasteiger partial charge in [-0.25, -0.2) is 9.78 Å². The van der Waals surface area contributed by atoms with E-state index in [4.69, 9.17) is 9.84 Å². The quantitative estimate of drug-likeness (QED) is 0.855. The predicted molar refractivity (Wildman–Crippen MR) is 65.6 cm³/mol. The zero-order valence-electron chi connectivity index (χ0n) is 10.8. The third-order valence-electron chi connectivity index (χ3n) is 2.46. The molecule has 0 unspecified atom stereocenters. The number of carboxylic acid groups (broad SMARTS) is 1. The zero-order chi connectivity index (χ0) is 13.0. The summed E-state index contributed by atoms with van der Waals surface area (Å²) in [7, 11) is 0. The molecule has 0 aliphatic carbocycles. The first kappa shape index (κ1) is 13.5. The lowest BCUT2D eigenvalue weighted by Gasteiger charge is -2.12. The molecule has 0 saturated heterocycles. The van der Waals surface area contributed by atoms with E-state index in [-0.39, 0.29) is 11.4 Å². The van der Waals surface area contributed by atoms with Gasteiger partial charge in [-0.3, -0.25) is 0 Å². The Labute approximate surface area is 102 Å². The smallest absolute Gasteiger partial charge is 0.341 e. The van der Waals surface area contributed by atoms with Gasteiger partial charge < -0.3 is 9.84 Å². The second kappa shape index (κ2) is 5.66. The summed E-state index contributed by atoms with van der Waals surface area (Å²) in [6, 6.07) is 1.75. The van der Waals surface area contributed by atoms with E-state index in [9.17, 15) is 4.79 Å². The summed E-state index contributed by atoms with van der Waals surface area (Å²) < 4.78 is 5.48. The maximum Gasteiger partial charge on any atom is 0.341 e. The van der Waals surface area contributed by atoms with Crippen molar-refractivity contribution in [2.24, 2.45) is 5.92 Å². The van der Waals surface area contributed by atoms with Gasteiger partial charge in [0.05, 0.1) is 6.61 Å². The molecule has 94 valence electrons. The second-order valence-corrected chi connectivity index (χ2v) is 4.60. The van der Waals surface area contributed by atoms with Gasteiger partial charge in [-0.1, -0.05) is 13.8 Å². The molecular weight excluding hydrogens is 218 g/mol. The molecule has 0 saturated carbocycles. The number of hydrogen-bond acceptors (Lipinski definition) is 3. The van der Waals surface area contributed by atoms with Crippen molar-refractivity contribution in [1.82, 2.24) is 4.98 Å². The summed E-state index contributed by atoms with van der Waals surface area (Å²) in [6.45, 7) is 8.27. The molecular formula is C13H19NO3. The molecule has 0 radical (unpaired) electrons. The van der Waals surface area contributed by atoms with Gasteiger partial charge in [0.15, 0.2) is 0 Å². The molecule has 17 heavy (non-hydrogen) atoms. The van der Waals surface area contributed by atoms with Crippen LogP contribution in [0.15, 0.2) is 6.07 Å². The summed E-state index contributed by atoms with van der Waals surface area (Å²) in [5.41, 5.74) is 1.62. The molecule has 4 nitrogen and oxygen atoms in total. The summed E-state index contributed by atoms with van der Waals surface area (Å²) in [4.78, 5) is 15.3. The standard InChI is InChI=1S/C13H19NO3/c1-8(2)5-6-17-12-11(13(15)16)9(3)7-10(4)14-12/h7-8H,5-6H2,1-4H3,(H,15,16). The van der Waals surface area contributed by atoms with E-state index in [0.29, 0.717) is 18.1 Å². The lowest BCUT2D eigenvalue weighted by Crippen LogP contribution is -2.10. The highest BCUT2D eigenvalue weighted by molar-refractivity contribution is 5.91. The Hall–Kier alpha value is -1.58. The highest BCUT2D eigenvalue weighted by atomic mass is 16.5. The van der Waals surface area contributed by atoms with E-state index in [0.717, 1.165) is 12.1 Å². The molecule has 0 fully saturated rings. The highest BCUT2D eigenvalue weighted by Gasteiger charge is 2.16. The minimum atomic E-state index is -0.991. The SMILES string of the molecule is Cc1cc(C)c(C(=O)O)c(OCCC(C)C)n1. The van der Waals surface area contributed by atoms with Gasteiger partial charge in [0, 0.05) is 5.69 Å². The minimum absolute atomic E-state index is 0.166. The topological polar surface area (TPSA) is 59.4 Å². The molecule has 1 heterocycles. The van der Waals surface area contributed by atoms with Crippen molar-refractivity contribution in [3.63, 3.8) is 0 Å². The summed E-state index contributed by atoms with van der Waals surface area (Å²) in [5.74, 6) is -0.237. The van der Waals surface area contributed by atoms with E-state index in [2.05, 4.69) is 18.8 Å². The van der Waals surface area contributed by atoms with Gasteiger partial charge in [0.2, 0.25) is 5.88 Å². The molecule has 1 aromatic heterocycles. The van der Waals surface area contributed by atoms with Crippen molar-refractivity contribution in [1.29, 1.82) is 0 Å². The number of rotatable bonds is 5. The maximum absolute atomic E-state index is 11.1. The molecule has 0 aromatic carbocycles. The number of aryl methyl sites for hydroxylation is 2. The number of nitrogens with zero attached hydrogens (tertiary/aromatic N) is 1. The first-order valence-corrected chi connectivity index (χ1v) is 5.76. The van der Waals surface area contributed by atoms with Crippen LogP contribution in [0.3, 0.4) is 0 Å². The molecule has 0 aliphatic heterocycles. The zero-order valence-corrected chi connectivity index (χ0v) is 10.8. The van der Waals surface area contributed by atoms with Crippen LogP contribution in [-0.4, -0.2) is 22.7 Å². The third kappa shape index (κ3) is 3.73. The molecule has 0 aliphatic rings. The van der Waals surface area contributed by atoms with Crippen molar-refractivity contribution in [2.45, 2.75) is 34.1 Å². The van der Waals surface area contributed by atoms with Crippen LogP contribution in [0.25, 0.3) is 0 Å². The maximum atomic E-state index is 11.1. The largest absolute Gasteiger partial charge is 0.477 e. The Morgan fingerprint density at radius 1 is 1.47 bits per heavy atom. The van der Waals surface area contributed by atoms with Gasteiger partial charge in [-0.05, 0) is 37.8 Å². The first-order valence-electron chi connectivity index (χ1n) is 5.76. The fourth-order valence-electron chi connectivity index (χ4n) is 1.56. The van der Waals surface area contributed by atoms with Crippen LogP contribution >= 0.6 is 0 Å². The Bertz CT molecular complexity index is 413. The molecule has 0 amide bonds. The molecule has 0 atom stereocenters. The van der Waals surface area contributed by atoms with Gasteiger partial charge in [-0.2, -0.15) is 0 Å². The Kier molecular flexibility index (Phi) is 4.49. The summed E-state index contributed by atoms with van der Waals surface area (Å²) >= 11 is 0. The van der Waals surface area contributed by atoms with Crippen LogP contribution in [0, 0.1) is 19.8 Å². The summed E-state index contributed by atoms with van der Waals surface area (Å²) in [6.07, 6.45) is 0.883. The second-order valence-electron chi connectivity index (χ2n) is 4.60. The lowest BCUT2D eigenvalue weighted by molar-refractivity contribution is 0.0690. The van der Waals surface area contributed by atoms with Gasteiger partial charge in [0.25, 0.3) is 0 Å². The fourth-order valence-corrected chi connectivity index (χ4v) is 1.56. The third-order valence-corrected chi connectivity index (χ3v) is 2.46. The van der Waals surface area contributed by atoms with Crippen molar-refractivity contribution in [2.75, 3.05) is 6.61 Å². The number of carbonyl (C=O) groups is 1. The van der Waals surface area contributed by atoms with Crippen molar-refractivity contribution >= 4 is 5.97 Å². The number of aromatic carboxylic acids is 1. The van der Waals surface area contributed by atoms with Crippen LogP contribution in [0.5, 0.6) is 5.88 Å². The average Bonchev–Trinajstić information content (AvgIpc) is 2.14. The molecule has 1 N–H and O–H groups in total. The van der Waals surface area contributed by atoms with E-state index >= 15 is 0 Å². The fraction of sp³-hybridized carbons (Fsp3) is 0.538. The van der Waals surface area contributed by atoms with E-state index in [1.165, 1.54) is 0 Å². The average molecular weight is 237 g/mol. The summed E-state index contributed by atoms with van der Waals surface area (Å²) in [5, 5.41) is 9.13. The van der Waals surface area contributed by atoms with Crippen LogP contribution in [0.1, 0.15) is 41.9 Å². The Morgan fingerprint density at radius 3 is 2.65 bits per heavy atom.